The zero-order valence-corrected chi connectivity index (χ0v) is 17.9. The lowest BCUT2D eigenvalue weighted by Crippen LogP contribution is -2.20. The molecule has 35 heavy (non-hydrogen) atoms. The predicted octanol–water partition coefficient (Wildman–Crippen LogP) is 5.41. The van der Waals surface area contributed by atoms with E-state index in [1.54, 1.807) is 24.3 Å². The molecule has 0 aromatic heterocycles. The van der Waals surface area contributed by atoms with Crippen LogP contribution < -0.4 is 15.4 Å². The Labute approximate surface area is 197 Å². The van der Waals surface area contributed by atoms with Crippen molar-refractivity contribution in [3.05, 3.63) is 95.3 Å². The molecular formula is C25H17F4N3O3. The summed E-state index contributed by atoms with van der Waals surface area (Å²) >= 11 is 0. The highest BCUT2D eigenvalue weighted by Crippen LogP contribution is 2.30. The van der Waals surface area contributed by atoms with E-state index in [9.17, 15) is 32.4 Å². The number of nitrogens with one attached hydrogen (secondary N) is 2. The van der Waals surface area contributed by atoms with Crippen LogP contribution in [-0.4, -0.2) is 18.4 Å². The van der Waals surface area contributed by atoms with Crippen molar-refractivity contribution in [2.45, 2.75) is 6.18 Å². The highest BCUT2D eigenvalue weighted by molar-refractivity contribution is 6.09. The number of hydrogen-bond donors (Lipinski definition) is 2. The molecule has 2 N–H and O–H groups in total. The van der Waals surface area contributed by atoms with Gasteiger partial charge in [0.15, 0.2) is 6.61 Å². The first-order chi connectivity index (χ1) is 16.6. The molecule has 0 aliphatic rings. The summed E-state index contributed by atoms with van der Waals surface area (Å²) in [5, 5.41) is 14.2. The average Bonchev–Trinajstić information content (AvgIpc) is 2.82. The zero-order valence-electron chi connectivity index (χ0n) is 17.9. The van der Waals surface area contributed by atoms with Crippen molar-refractivity contribution in [2.24, 2.45) is 0 Å². The Morgan fingerprint density at radius 3 is 2.34 bits per heavy atom. The number of amides is 2. The number of carbonyl (C=O) groups excluding carboxylic acids is 2. The van der Waals surface area contributed by atoms with Gasteiger partial charge >= 0.3 is 6.18 Å². The van der Waals surface area contributed by atoms with Crippen LogP contribution in [0.3, 0.4) is 0 Å². The number of hydrogen-bond acceptors (Lipinski definition) is 4. The molecule has 0 fully saturated rings. The van der Waals surface area contributed by atoms with Crippen LogP contribution in [-0.2, 0) is 15.8 Å². The Morgan fingerprint density at radius 2 is 1.66 bits per heavy atom. The molecule has 0 atom stereocenters. The molecule has 2 amide bonds. The minimum atomic E-state index is -4.58. The SMILES string of the molecule is N#CC(=Cc1cccc(OCC(=O)Nc2ccc(F)cc2)c1)C(=O)Nc1cccc(C(F)(F)F)c1. The first kappa shape index (κ1) is 25.0. The van der Waals surface area contributed by atoms with E-state index >= 15 is 0 Å². The number of nitrogens with zero attached hydrogens (tertiary/aromatic N) is 1. The lowest BCUT2D eigenvalue weighted by molar-refractivity contribution is -0.137. The third-order valence-electron chi connectivity index (χ3n) is 4.48. The van der Waals surface area contributed by atoms with E-state index in [4.69, 9.17) is 4.74 Å². The summed E-state index contributed by atoms with van der Waals surface area (Å²) in [5.41, 5.74) is -0.630. The molecule has 0 spiro atoms. The van der Waals surface area contributed by atoms with Gasteiger partial charge in [0.25, 0.3) is 11.8 Å². The molecule has 0 aliphatic heterocycles. The van der Waals surface area contributed by atoms with Crippen molar-refractivity contribution in [1.82, 2.24) is 0 Å². The zero-order chi connectivity index (χ0) is 25.4. The monoisotopic (exact) mass is 483 g/mol. The van der Waals surface area contributed by atoms with Crippen LogP contribution in [0.4, 0.5) is 28.9 Å². The van der Waals surface area contributed by atoms with Gasteiger partial charge in [0.1, 0.15) is 23.2 Å². The van der Waals surface area contributed by atoms with Crippen LogP contribution in [0, 0.1) is 17.1 Å². The molecule has 0 aliphatic carbocycles. The fourth-order valence-corrected chi connectivity index (χ4v) is 2.86. The predicted molar refractivity (Wildman–Crippen MR) is 121 cm³/mol. The number of rotatable bonds is 7. The minimum Gasteiger partial charge on any atom is -0.484 e. The second-order valence-corrected chi connectivity index (χ2v) is 7.12. The van der Waals surface area contributed by atoms with Crippen LogP contribution in [0.25, 0.3) is 6.08 Å². The molecule has 3 aromatic rings. The maximum absolute atomic E-state index is 12.9. The smallest absolute Gasteiger partial charge is 0.416 e. The van der Waals surface area contributed by atoms with Gasteiger partial charge in [-0.2, -0.15) is 18.4 Å². The summed E-state index contributed by atoms with van der Waals surface area (Å²) in [6.07, 6.45) is -3.35. The molecule has 178 valence electrons. The maximum atomic E-state index is 12.9. The number of anilines is 2. The first-order valence-electron chi connectivity index (χ1n) is 10.0. The molecule has 10 heteroatoms. The summed E-state index contributed by atoms with van der Waals surface area (Å²) in [7, 11) is 0. The molecule has 0 radical (unpaired) electrons. The Balaban J connectivity index is 1.65. The van der Waals surface area contributed by atoms with Gasteiger partial charge in [0.05, 0.1) is 5.56 Å². The fraction of sp³-hybridized carbons (Fsp3) is 0.0800. The first-order valence-corrected chi connectivity index (χ1v) is 10.0. The van der Waals surface area contributed by atoms with Crippen molar-refractivity contribution in [3.8, 4) is 11.8 Å². The van der Waals surface area contributed by atoms with E-state index in [1.807, 2.05) is 0 Å². The maximum Gasteiger partial charge on any atom is 0.416 e. The van der Waals surface area contributed by atoms with Crippen LogP contribution >= 0.6 is 0 Å². The lowest BCUT2D eigenvalue weighted by atomic mass is 10.1. The largest absolute Gasteiger partial charge is 0.484 e. The van der Waals surface area contributed by atoms with Crippen molar-refractivity contribution in [2.75, 3.05) is 17.2 Å². The van der Waals surface area contributed by atoms with E-state index in [0.29, 0.717) is 11.3 Å². The van der Waals surface area contributed by atoms with Gasteiger partial charge < -0.3 is 15.4 Å². The number of nitriles is 1. The second kappa shape index (κ2) is 11.0. The molecular weight excluding hydrogens is 466 g/mol. The van der Waals surface area contributed by atoms with Gasteiger partial charge in [-0.25, -0.2) is 4.39 Å². The molecule has 0 bridgehead atoms. The minimum absolute atomic E-state index is 0.116. The number of ether oxygens (including phenoxy) is 1. The number of benzene rings is 3. The van der Waals surface area contributed by atoms with Crippen LogP contribution in [0.15, 0.2) is 78.4 Å². The number of carbonyl (C=O) groups is 2. The van der Waals surface area contributed by atoms with E-state index in [-0.39, 0.29) is 23.6 Å². The quantitative estimate of drug-likeness (QED) is 0.267. The van der Waals surface area contributed by atoms with Crippen molar-refractivity contribution in [1.29, 1.82) is 5.26 Å². The molecule has 3 rings (SSSR count). The van der Waals surface area contributed by atoms with Crippen LogP contribution in [0.2, 0.25) is 0 Å². The Hall–Kier alpha value is -4.65. The molecule has 6 nitrogen and oxygen atoms in total. The van der Waals surface area contributed by atoms with Gasteiger partial charge in [0.2, 0.25) is 0 Å². The lowest BCUT2D eigenvalue weighted by Gasteiger charge is -2.10. The molecule has 0 saturated carbocycles. The van der Waals surface area contributed by atoms with E-state index in [2.05, 4.69) is 10.6 Å². The van der Waals surface area contributed by atoms with Gasteiger partial charge in [-0.05, 0) is 66.2 Å². The summed E-state index contributed by atoms with van der Waals surface area (Å²) in [5.74, 6) is -1.56. The number of halogens is 4. The second-order valence-electron chi connectivity index (χ2n) is 7.12. The summed E-state index contributed by atoms with van der Waals surface area (Å²) in [6.45, 7) is -0.355. The molecule has 3 aromatic carbocycles. The average molecular weight is 483 g/mol. The fourth-order valence-electron chi connectivity index (χ4n) is 2.86. The highest BCUT2D eigenvalue weighted by atomic mass is 19.4. The Bertz CT molecular complexity index is 1300. The van der Waals surface area contributed by atoms with E-state index < -0.39 is 29.4 Å². The molecule has 0 unspecified atom stereocenters. The van der Waals surface area contributed by atoms with Crippen molar-refractivity contribution >= 4 is 29.3 Å². The van der Waals surface area contributed by atoms with Gasteiger partial charge in [-0.1, -0.05) is 18.2 Å². The summed E-state index contributed by atoms with van der Waals surface area (Å²) in [4.78, 5) is 24.4. The van der Waals surface area contributed by atoms with E-state index in [1.165, 1.54) is 42.5 Å². The Kier molecular flexibility index (Phi) is 7.84. The highest BCUT2D eigenvalue weighted by Gasteiger charge is 2.30. The van der Waals surface area contributed by atoms with Crippen molar-refractivity contribution in [3.63, 3.8) is 0 Å². The molecule has 0 heterocycles. The molecule has 0 saturated heterocycles. The topological polar surface area (TPSA) is 91.2 Å². The third kappa shape index (κ3) is 7.43. The number of alkyl halides is 3. The van der Waals surface area contributed by atoms with E-state index in [0.717, 1.165) is 18.2 Å². The standard InChI is InChI=1S/C25H17F4N3O3/c26-19-7-9-20(10-8-19)31-23(33)15-35-22-6-1-3-16(12-22)11-17(14-30)24(34)32-21-5-2-4-18(13-21)25(27,28)29/h1-13H,15H2,(H,31,33)(H,32,34). The van der Waals surface area contributed by atoms with Crippen LogP contribution in [0.1, 0.15) is 11.1 Å². The third-order valence-corrected chi connectivity index (χ3v) is 4.48. The summed E-state index contributed by atoms with van der Waals surface area (Å²) in [6, 6.07) is 17.1. The Morgan fingerprint density at radius 1 is 0.943 bits per heavy atom. The summed E-state index contributed by atoms with van der Waals surface area (Å²) < 4.78 is 56.9. The normalized spacial score (nSPS) is 11.3. The van der Waals surface area contributed by atoms with Gasteiger partial charge in [0, 0.05) is 11.4 Å². The van der Waals surface area contributed by atoms with Gasteiger partial charge in [-0.3, -0.25) is 9.59 Å². The van der Waals surface area contributed by atoms with Crippen molar-refractivity contribution < 1.29 is 31.9 Å². The van der Waals surface area contributed by atoms with Crippen LogP contribution in [0.5, 0.6) is 5.75 Å². The van der Waals surface area contributed by atoms with Gasteiger partial charge in [-0.15, -0.1) is 0 Å².